The summed E-state index contributed by atoms with van der Waals surface area (Å²) in [5, 5.41) is 4.34. The molecule has 0 unspecified atom stereocenters. The predicted molar refractivity (Wildman–Crippen MR) is 149 cm³/mol. The molecule has 0 bridgehead atoms. The highest BCUT2D eigenvalue weighted by Gasteiger charge is 2.22. The van der Waals surface area contributed by atoms with E-state index in [0.29, 0.717) is 31.7 Å². The van der Waals surface area contributed by atoms with Gasteiger partial charge in [0.25, 0.3) is 5.91 Å². The number of hydrogen-bond donors (Lipinski definition) is 0. The van der Waals surface area contributed by atoms with Gasteiger partial charge in [0.05, 0.1) is 23.9 Å². The molecule has 0 N–H and O–H groups in total. The first-order valence-electron chi connectivity index (χ1n) is 13.6. The van der Waals surface area contributed by atoms with Crippen LogP contribution in [0, 0.1) is 0 Å². The van der Waals surface area contributed by atoms with Crippen LogP contribution < -0.4 is 4.90 Å². The SMILES string of the molecule is CCn1cnc2cc(C(=O)N3CCCCCCCN(C(C)=O)c4cc(Cn5cccn5)ccc4C3)ccc21. The van der Waals surface area contributed by atoms with Crippen molar-refractivity contribution in [3.05, 3.63) is 77.9 Å². The predicted octanol–water partition coefficient (Wildman–Crippen LogP) is 5.26. The maximum atomic E-state index is 13.8. The maximum absolute atomic E-state index is 13.8. The number of aromatic nitrogens is 4. The third kappa shape index (κ3) is 5.64. The summed E-state index contributed by atoms with van der Waals surface area (Å²) in [6.45, 7) is 6.97. The Morgan fingerprint density at radius 3 is 2.55 bits per heavy atom. The first kappa shape index (κ1) is 25.7. The molecule has 8 nitrogen and oxygen atoms in total. The fourth-order valence-corrected chi connectivity index (χ4v) is 5.31. The van der Waals surface area contributed by atoms with E-state index in [-0.39, 0.29) is 11.8 Å². The molecule has 8 heteroatoms. The summed E-state index contributed by atoms with van der Waals surface area (Å²) in [4.78, 5) is 35.0. The maximum Gasteiger partial charge on any atom is 0.254 e. The van der Waals surface area contributed by atoms with Crippen LogP contribution in [0.2, 0.25) is 0 Å². The normalized spacial score (nSPS) is 15.1. The molecule has 0 atom stereocenters. The largest absolute Gasteiger partial charge is 0.334 e. The molecule has 2 amide bonds. The van der Waals surface area contributed by atoms with E-state index >= 15 is 0 Å². The lowest BCUT2D eigenvalue weighted by atomic mass is 10.0. The molecule has 0 radical (unpaired) electrons. The molecule has 0 spiro atoms. The van der Waals surface area contributed by atoms with E-state index in [1.807, 2.05) is 51.3 Å². The van der Waals surface area contributed by atoms with Crippen molar-refractivity contribution >= 4 is 28.5 Å². The monoisotopic (exact) mass is 512 g/mol. The molecule has 198 valence electrons. The van der Waals surface area contributed by atoms with E-state index in [1.54, 1.807) is 13.1 Å². The molecular formula is C30H36N6O2. The molecular weight excluding hydrogens is 476 g/mol. The number of fused-ring (bicyclic) bond motifs is 2. The van der Waals surface area contributed by atoms with Crippen molar-refractivity contribution in [1.29, 1.82) is 0 Å². The molecule has 4 aromatic rings. The molecule has 0 fully saturated rings. The number of carbonyl (C=O) groups excluding carboxylic acids is 2. The third-order valence-electron chi connectivity index (χ3n) is 7.39. The van der Waals surface area contributed by atoms with Crippen molar-refractivity contribution in [2.75, 3.05) is 18.0 Å². The molecule has 38 heavy (non-hydrogen) atoms. The van der Waals surface area contributed by atoms with Crippen LogP contribution in [0.4, 0.5) is 5.69 Å². The van der Waals surface area contributed by atoms with Crippen molar-refractivity contribution in [1.82, 2.24) is 24.2 Å². The number of amides is 2. The van der Waals surface area contributed by atoms with Gasteiger partial charge in [0.2, 0.25) is 5.91 Å². The van der Waals surface area contributed by atoms with Crippen LogP contribution in [0.1, 0.15) is 67.4 Å². The summed E-state index contributed by atoms with van der Waals surface area (Å²) < 4.78 is 3.95. The van der Waals surface area contributed by atoms with E-state index in [9.17, 15) is 9.59 Å². The average Bonchev–Trinajstić information content (AvgIpc) is 3.58. The van der Waals surface area contributed by atoms with E-state index in [4.69, 9.17) is 0 Å². The Morgan fingerprint density at radius 2 is 1.79 bits per heavy atom. The number of imidazole rings is 1. The van der Waals surface area contributed by atoms with Crippen LogP contribution >= 0.6 is 0 Å². The van der Waals surface area contributed by atoms with Gasteiger partial charge >= 0.3 is 0 Å². The van der Waals surface area contributed by atoms with Gasteiger partial charge in [-0.3, -0.25) is 14.3 Å². The quantitative estimate of drug-likeness (QED) is 0.374. The Labute approximate surface area is 223 Å². The van der Waals surface area contributed by atoms with Gasteiger partial charge in [-0.2, -0.15) is 5.10 Å². The van der Waals surface area contributed by atoms with E-state index < -0.39 is 0 Å². The molecule has 0 saturated carbocycles. The average molecular weight is 513 g/mol. The fourth-order valence-electron chi connectivity index (χ4n) is 5.31. The zero-order valence-corrected chi connectivity index (χ0v) is 22.3. The second-order valence-electron chi connectivity index (χ2n) is 10.1. The van der Waals surface area contributed by atoms with Gasteiger partial charge in [-0.1, -0.05) is 31.4 Å². The number of carbonyl (C=O) groups is 2. The summed E-state index contributed by atoms with van der Waals surface area (Å²) in [5.74, 6) is 0.0188. The van der Waals surface area contributed by atoms with Gasteiger partial charge in [0.1, 0.15) is 0 Å². The van der Waals surface area contributed by atoms with Gasteiger partial charge in [0, 0.05) is 56.7 Å². The summed E-state index contributed by atoms with van der Waals surface area (Å²) in [5.41, 5.74) is 5.45. The third-order valence-corrected chi connectivity index (χ3v) is 7.39. The van der Waals surface area contributed by atoms with Crippen molar-refractivity contribution < 1.29 is 9.59 Å². The first-order valence-corrected chi connectivity index (χ1v) is 13.6. The van der Waals surface area contributed by atoms with E-state index in [2.05, 4.69) is 39.8 Å². The van der Waals surface area contributed by atoms with Crippen molar-refractivity contribution in [3.63, 3.8) is 0 Å². The van der Waals surface area contributed by atoms with Crippen molar-refractivity contribution in [2.45, 2.75) is 65.6 Å². The van der Waals surface area contributed by atoms with Crippen LogP contribution in [0.5, 0.6) is 0 Å². The van der Waals surface area contributed by atoms with Gasteiger partial charge in [-0.25, -0.2) is 4.98 Å². The Morgan fingerprint density at radius 1 is 0.974 bits per heavy atom. The van der Waals surface area contributed by atoms with Crippen LogP contribution in [0.15, 0.2) is 61.2 Å². The minimum atomic E-state index is -0.00375. The number of nitrogens with zero attached hydrogens (tertiary/aromatic N) is 6. The van der Waals surface area contributed by atoms with Gasteiger partial charge in [0.15, 0.2) is 0 Å². The van der Waals surface area contributed by atoms with Gasteiger partial charge < -0.3 is 14.4 Å². The molecule has 2 aromatic carbocycles. The van der Waals surface area contributed by atoms with Crippen molar-refractivity contribution in [2.24, 2.45) is 0 Å². The van der Waals surface area contributed by atoms with E-state index in [0.717, 1.165) is 66.5 Å². The Balaban J connectivity index is 1.49. The lowest BCUT2D eigenvalue weighted by Gasteiger charge is -2.29. The summed E-state index contributed by atoms with van der Waals surface area (Å²) in [6, 6.07) is 13.9. The molecule has 1 aliphatic heterocycles. The van der Waals surface area contributed by atoms with Crippen molar-refractivity contribution in [3.8, 4) is 0 Å². The number of benzene rings is 2. The number of hydrogen-bond acceptors (Lipinski definition) is 4. The van der Waals surface area contributed by atoms with Crippen LogP contribution in [0.3, 0.4) is 0 Å². The summed E-state index contributed by atoms with van der Waals surface area (Å²) in [7, 11) is 0. The number of aryl methyl sites for hydroxylation is 1. The lowest BCUT2D eigenvalue weighted by molar-refractivity contribution is -0.116. The lowest BCUT2D eigenvalue weighted by Crippen LogP contribution is -2.35. The fraction of sp³-hybridized carbons (Fsp3) is 0.400. The smallest absolute Gasteiger partial charge is 0.254 e. The molecule has 2 aromatic heterocycles. The Hall–Kier alpha value is -3.94. The minimum Gasteiger partial charge on any atom is -0.334 e. The molecule has 5 rings (SSSR count). The highest BCUT2D eigenvalue weighted by molar-refractivity contribution is 5.97. The molecule has 0 saturated heterocycles. The highest BCUT2D eigenvalue weighted by atomic mass is 16.2. The topological polar surface area (TPSA) is 76.3 Å². The standard InChI is InChI=1S/C30H36N6O2/c1-3-33-22-31-27-19-25(12-13-28(27)33)30(38)34-15-7-5-4-6-8-17-36(23(2)37)29-18-24(10-11-26(29)21-34)20-35-16-9-14-32-35/h9-14,16,18-19,22H,3-8,15,17,20-21H2,1-2H3. The number of anilines is 1. The zero-order chi connectivity index (χ0) is 26.5. The molecule has 1 aliphatic rings. The molecule has 3 heterocycles. The highest BCUT2D eigenvalue weighted by Crippen LogP contribution is 2.27. The molecule has 0 aliphatic carbocycles. The Kier molecular flexibility index (Phi) is 7.86. The van der Waals surface area contributed by atoms with Crippen LogP contribution in [0.25, 0.3) is 11.0 Å². The second-order valence-corrected chi connectivity index (χ2v) is 10.1. The minimum absolute atomic E-state index is 0.00375. The van der Waals surface area contributed by atoms with Gasteiger partial charge in [-0.05, 0) is 61.2 Å². The number of rotatable bonds is 4. The van der Waals surface area contributed by atoms with Crippen LogP contribution in [-0.4, -0.2) is 49.1 Å². The summed E-state index contributed by atoms with van der Waals surface area (Å²) in [6.07, 6.45) is 10.7. The van der Waals surface area contributed by atoms with Crippen LogP contribution in [-0.2, 0) is 24.4 Å². The summed E-state index contributed by atoms with van der Waals surface area (Å²) >= 11 is 0. The second kappa shape index (κ2) is 11.6. The zero-order valence-electron chi connectivity index (χ0n) is 22.3. The van der Waals surface area contributed by atoms with E-state index in [1.165, 1.54) is 0 Å². The first-order chi connectivity index (χ1) is 18.5. The Bertz CT molecular complexity index is 1410. The van der Waals surface area contributed by atoms with Gasteiger partial charge in [-0.15, -0.1) is 0 Å².